The third-order valence-electron chi connectivity index (χ3n) is 3.03. The zero-order chi connectivity index (χ0) is 14.2. The molecular weight excluding hydrogens is 248 g/mol. The van der Waals surface area contributed by atoms with Crippen LogP contribution in [0.15, 0.2) is 54.6 Å². The summed E-state index contributed by atoms with van der Waals surface area (Å²) in [5, 5.41) is 0. The first kappa shape index (κ1) is 14.2. The van der Waals surface area contributed by atoms with E-state index < -0.39 is 0 Å². The Labute approximate surface area is 119 Å². The van der Waals surface area contributed by atoms with E-state index in [9.17, 15) is 5.53 Å². The molecule has 102 valence electrons. The van der Waals surface area contributed by atoms with Crippen LogP contribution in [0, 0.1) is 0 Å². The van der Waals surface area contributed by atoms with E-state index in [1.807, 2.05) is 54.6 Å². The Balaban J connectivity index is 2.33. The van der Waals surface area contributed by atoms with Gasteiger partial charge in [0.25, 0.3) is 0 Å². The third-order valence-corrected chi connectivity index (χ3v) is 3.03. The van der Waals surface area contributed by atoms with Gasteiger partial charge in [-0.3, -0.25) is 0 Å². The summed E-state index contributed by atoms with van der Waals surface area (Å²) < 4.78 is 5.60. The second-order valence-electron chi connectivity index (χ2n) is 4.52. The largest absolute Gasteiger partial charge is 0.377 e. The Morgan fingerprint density at radius 2 is 1.75 bits per heavy atom. The van der Waals surface area contributed by atoms with Gasteiger partial charge in [-0.15, -0.1) is 0 Å². The molecule has 2 aromatic rings. The topological polar surface area (TPSA) is 45.6 Å². The van der Waals surface area contributed by atoms with Gasteiger partial charge < -0.3 is 10.3 Å². The molecule has 0 saturated heterocycles. The molecule has 0 fully saturated rings. The minimum atomic E-state index is 0.524. The zero-order valence-electron chi connectivity index (χ0n) is 11.6. The fourth-order valence-electron chi connectivity index (χ4n) is 2.07. The fourth-order valence-corrected chi connectivity index (χ4v) is 2.07. The van der Waals surface area contributed by atoms with Crippen LogP contribution in [0.2, 0.25) is 0 Å². The third kappa shape index (κ3) is 3.41. The fraction of sp³-hybridized carbons (Fsp3) is 0.235. The van der Waals surface area contributed by atoms with Crippen molar-refractivity contribution in [1.82, 2.24) is 0 Å². The van der Waals surface area contributed by atoms with E-state index in [2.05, 4.69) is 11.7 Å². The Kier molecular flexibility index (Phi) is 5.24. The Morgan fingerprint density at radius 1 is 1.05 bits per heavy atom. The van der Waals surface area contributed by atoms with Crippen molar-refractivity contribution in [1.29, 1.82) is 0 Å². The van der Waals surface area contributed by atoms with Crippen molar-refractivity contribution >= 4 is 5.71 Å². The average molecular weight is 266 g/mol. The first-order chi connectivity index (χ1) is 9.86. The van der Waals surface area contributed by atoms with Gasteiger partial charge in [0.1, 0.15) is 0 Å². The molecule has 0 aliphatic carbocycles. The average Bonchev–Trinajstić information content (AvgIpc) is 2.51. The van der Waals surface area contributed by atoms with Crippen LogP contribution in [0.25, 0.3) is 5.53 Å². The van der Waals surface area contributed by atoms with Gasteiger partial charge in [-0.1, -0.05) is 43.3 Å². The maximum Gasteiger partial charge on any atom is 0.330 e. The lowest BCUT2D eigenvalue weighted by molar-refractivity contribution is -0.00301. The summed E-state index contributed by atoms with van der Waals surface area (Å²) in [7, 11) is 0. The van der Waals surface area contributed by atoms with Crippen LogP contribution in [-0.2, 0) is 11.3 Å². The number of rotatable bonds is 6. The number of ether oxygens (including phenoxy) is 1. The number of hydrogen-bond acceptors (Lipinski definition) is 1. The lowest BCUT2D eigenvalue weighted by Crippen LogP contribution is -2.09. The highest BCUT2D eigenvalue weighted by atomic mass is 16.5. The lowest BCUT2D eigenvalue weighted by Gasteiger charge is -2.07. The molecule has 0 aliphatic heterocycles. The second-order valence-corrected chi connectivity index (χ2v) is 4.52. The van der Waals surface area contributed by atoms with Crippen LogP contribution in [0.3, 0.4) is 0 Å². The Morgan fingerprint density at radius 3 is 2.45 bits per heavy atom. The molecule has 20 heavy (non-hydrogen) atoms. The summed E-state index contributed by atoms with van der Waals surface area (Å²) in [6.45, 7) is 3.33. The van der Waals surface area contributed by atoms with E-state index in [0.29, 0.717) is 12.3 Å². The van der Waals surface area contributed by atoms with Crippen LogP contribution in [-0.4, -0.2) is 17.1 Å². The SMILES string of the molecule is CCCOCc1ccccc1C(=[N+]=[N-])c1ccccc1. The summed E-state index contributed by atoms with van der Waals surface area (Å²) in [6, 6.07) is 17.5. The maximum absolute atomic E-state index is 9.38. The van der Waals surface area contributed by atoms with E-state index in [1.54, 1.807) is 0 Å². The standard InChI is InChI=1S/C17H18N2O/c1-2-12-20-13-15-10-6-7-11-16(15)17(19-18)14-8-4-3-5-9-14/h3-11H,2,12-13H2,1H3. The monoisotopic (exact) mass is 266 g/mol. The van der Waals surface area contributed by atoms with Crippen LogP contribution in [0.1, 0.15) is 30.0 Å². The molecule has 2 aromatic carbocycles. The quantitative estimate of drug-likeness (QED) is 0.340. The number of nitrogens with zero attached hydrogens (tertiary/aromatic N) is 2. The highest BCUT2D eigenvalue weighted by Gasteiger charge is 2.18. The van der Waals surface area contributed by atoms with E-state index in [0.717, 1.165) is 29.7 Å². The van der Waals surface area contributed by atoms with Gasteiger partial charge in [-0.2, -0.15) is 4.79 Å². The molecule has 0 aliphatic rings. The van der Waals surface area contributed by atoms with Gasteiger partial charge in [0.2, 0.25) is 0 Å². The van der Waals surface area contributed by atoms with Crippen molar-refractivity contribution in [2.75, 3.05) is 6.61 Å². The van der Waals surface area contributed by atoms with Gasteiger partial charge in [-0.25, -0.2) is 0 Å². The molecular formula is C17H18N2O. The minimum Gasteiger partial charge on any atom is -0.377 e. The maximum atomic E-state index is 9.38. The van der Waals surface area contributed by atoms with Gasteiger partial charge >= 0.3 is 5.71 Å². The molecule has 0 unspecified atom stereocenters. The molecule has 0 N–H and O–H groups in total. The van der Waals surface area contributed by atoms with E-state index in [1.165, 1.54) is 0 Å². The molecule has 3 nitrogen and oxygen atoms in total. The van der Waals surface area contributed by atoms with E-state index >= 15 is 0 Å². The first-order valence-corrected chi connectivity index (χ1v) is 6.80. The summed E-state index contributed by atoms with van der Waals surface area (Å²) in [5.74, 6) is 0. The molecule has 0 aromatic heterocycles. The molecule has 0 amide bonds. The van der Waals surface area contributed by atoms with Crippen LogP contribution in [0.4, 0.5) is 0 Å². The normalized spacial score (nSPS) is 10.1. The first-order valence-electron chi connectivity index (χ1n) is 6.80. The zero-order valence-corrected chi connectivity index (χ0v) is 11.6. The number of benzene rings is 2. The van der Waals surface area contributed by atoms with E-state index in [-0.39, 0.29) is 0 Å². The predicted molar refractivity (Wildman–Crippen MR) is 79.7 cm³/mol. The molecule has 2 rings (SSSR count). The predicted octanol–water partition coefficient (Wildman–Crippen LogP) is 3.68. The van der Waals surface area contributed by atoms with Crippen molar-refractivity contribution in [3.05, 3.63) is 76.8 Å². The van der Waals surface area contributed by atoms with Crippen LogP contribution in [0.5, 0.6) is 0 Å². The molecule has 0 radical (unpaired) electrons. The molecule has 0 bridgehead atoms. The summed E-state index contributed by atoms with van der Waals surface area (Å²) in [4.78, 5) is 3.48. The van der Waals surface area contributed by atoms with Gasteiger partial charge in [0.05, 0.1) is 17.7 Å². The molecule has 0 atom stereocenters. The molecule has 3 heteroatoms. The minimum absolute atomic E-state index is 0.524. The van der Waals surface area contributed by atoms with Crippen LogP contribution >= 0.6 is 0 Å². The molecule has 0 heterocycles. The summed E-state index contributed by atoms with van der Waals surface area (Å²) in [5.41, 5.74) is 12.8. The second kappa shape index (κ2) is 7.39. The summed E-state index contributed by atoms with van der Waals surface area (Å²) >= 11 is 0. The Hall–Kier alpha value is -2.22. The number of hydrogen-bond donors (Lipinski definition) is 0. The van der Waals surface area contributed by atoms with Crippen molar-refractivity contribution in [2.45, 2.75) is 20.0 Å². The van der Waals surface area contributed by atoms with E-state index in [4.69, 9.17) is 4.74 Å². The lowest BCUT2D eigenvalue weighted by atomic mass is 9.98. The van der Waals surface area contributed by atoms with Crippen molar-refractivity contribution in [3.8, 4) is 0 Å². The molecule has 0 spiro atoms. The highest BCUT2D eigenvalue weighted by molar-refractivity contribution is 6.10. The summed E-state index contributed by atoms with van der Waals surface area (Å²) in [6.07, 6.45) is 0.988. The van der Waals surface area contributed by atoms with Crippen molar-refractivity contribution < 1.29 is 9.53 Å². The van der Waals surface area contributed by atoms with Crippen molar-refractivity contribution in [3.63, 3.8) is 0 Å². The van der Waals surface area contributed by atoms with Gasteiger partial charge in [0.15, 0.2) is 0 Å². The molecule has 0 saturated carbocycles. The van der Waals surface area contributed by atoms with Gasteiger partial charge in [-0.05, 0) is 30.2 Å². The van der Waals surface area contributed by atoms with Crippen LogP contribution < -0.4 is 0 Å². The highest BCUT2D eigenvalue weighted by Crippen LogP contribution is 2.15. The van der Waals surface area contributed by atoms with Crippen molar-refractivity contribution in [2.24, 2.45) is 0 Å². The van der Waals surface area contributed by atoms with Gasteiger partial charge in [0, 0.05) is 6.61 Å². The Bertz CT molecular complexity index is 601. The smallest absolute Gasteiger partial charge is 0.330 e.